The number of halogens is 1. The minimum Gasteiger partial charge on any atom is -0.496 e. The van der Waals surface area contributed by atoms with Crippen molar-refractivity contribution in [2.45, 2.75) is 6.54 Å². The second-order valence-electron chi connectivity index (χ2n) is 3.19. The molecule has 2 rings (SSSR count). The predicted octanol–water partition coefficient (Wildman–Crippen LogP) is 2.93. The van der Waals surface area contributed by atoms with Crippen LogP contribution in [-0.2, 0) is 6.54 Å². The second kappa shape index (κ2) is 4.82. The molecular weight excluding hydrogens is 244 g/mol. The van der Waals surface area contributed by atoms with Crippen LogP contribution in [0.5, 0.6) is 5.75 Å². The number of ether oxygens (including phenoxy) is 1. The average Bonchev–Trinajstić information content (AvgIpc) is 2.77. The van der Waals surface area contributed by atoms with Gasteiger partial charge in [0.25, 0.3) is 0 Å². The molecule has 16 heavy (non-hydrogen) atoms. The number of methoxy groups -OCH3 is 1. The molecule has 0 aliphatic heterocycles. The molecule has 3 nitrogen and oxygen atoms in total. The zero-order valence-corrected chi connectivity index (χ0v) is 10.3. The SMILES string of the molecule is COc1ccc(Cl)cc1-c1nc(CN)cs1. The molecule has 0 aliphatic carbocycles. The van der Waals surface area contributed by atoms with Gasteiger partial charge in [0.1, 0.15) is 10.8 Å². The van der Waals surface area contributed by atoms with Gasteiger partial charge in [-0.2, -0.15) is 0 Å². The number of hydrogen-bond donors (Lipinski definition) is 1. The quantitative estimate of drug-likeness (QED) is 0.916. The maximum Gasteiger partial charge on any atom is 0.129 e. The molecule has 84 valence electrons. The molecule has 2 N–H and O–H groups in total. The molecule has 0 fully saturated rings. The minimum atomic E-state index is 0.444. The number of benzene rings is 1. The van der Waals surface area contributed by atoms with E-state index in [9.17, 15) is 0 Å². The number of nitrogens with two attached hydrogens (primary N) is 1. The molecule has 0 saturated carbocycles. The van der Waals surface area contributed by atoms with Crippen LogP contribution < -0.4 is 10.5 Å². The molecule has 0 atom stereocenters. The van der Waals surface area contributed by atoms with Crippen LogP contribution in [0.3, 0.4) is 0 Å². The van der Waals surface area contributed by atoms with E-state index in [0.717, 1.165) is 22.0 Å². The van der Waals surface area contributed by atoms with E-state index in [1.54, 1.807) is 13.2 Å². The van der Waals surface area contributed by atoms with Crippen LogP contribution in [0.15, 0.2) is 23.6 Å². The van der Waals surface area contributed by atoms with Gasteiger partial charge < -0.3 is 10.5 Å². The molecule has 0 saturated heterocycles. The summed E-state index contributed by atoms with van der Waals surface area (Å²) in [4.78, 5) is 4.40. The number of rotatable bonds is 3. The fourth-order valence-electron chi connectivity index (χ4n) is 1.37. The first kappa shape index (κ1) is 11.4. The number of aromatic nitrogens is 1. The third kappa shape index (κ3) is 2.19. The van der Waals surface area contributed by atoms with Gasteiger partial charge >= 0.3 is 0 Å². The summed E-state index contributed by atoms with van der Waals surface area (Å²) in [5, 5.41) is 3.48. The summed E-state index contributed by atoms with van der Waals surface area (Å²) in [6.45, 7) is 0.444. The van der Waals surface area contributed by atoms with E-state index in [-0.39, 0.29) is 0 Å². The minimum absolute atomic E-state index is 0.444. The van der Waals surface area contributed by atoms with Gasteiger partial charge in [-0.15, -0.1) is 11.3 Å². The Morgan fingerprint density at radius 3 is 2.94 bits per heavy atom. The monoisotopic (exact) mass is 254 g/mol. The largest absolute Gasteiger partial charge is 0.496 e. The van der Waals surface area contributed by atoms with E-state index >= 15 is 0 Å². The van der Waals surface area contributed by atoms with E-state index in [1.165, 1.54) is 11.3 Å². The van der Waals surface area contributed by atoms with Gasteiger partial charge in [0, 0.05) is 16.9 Å². The number of thiazole rings is 1. The molecule has 0 bridgehead atoms. The Kier molecular flexibility index (Phi) is 3.43. The second-order valence-corrected chi connectivity index (χ2v) is 4.49. The highest BCUT2D eigenvalue weighted by Gasteiger charge is 2.10. The normalized spacial score (nSPS) is 10.4. The fraction of sp³-hybridized carbons (Fsp3) is 0.182. The Labute approximate surface area is 103 Å². The Bertz CT molecular complexity index is 498. The van der Waals surface area contributed by atoms with Gasteiger partial charge in [0.15, 0.2) is 0 Å². The molecule has 0 spiro atoms. The van der Waals surface area contributed by atoms with E-state index in [1.807, 2.05) is 17.5 Å². The summed E-state index contributed by atoms with van der Waals surface area (Å²) in [7, 11) is 1.63. The van der Waals surface area contributed by atoms with Gasteiger partial charge in [0.2, 0.25) is 0 Å². The van der Waals surface area contributed by atoms with E-state index in [0.29, 0.717) is 11.6 Å². The lowest BCUT2D eigenvalue weighted by atomic mass is 10.2. The van der Waals surface area contributed by atoms with Crippen molar-refractivity contribution in [3.8, 4) is 16.3 Å². The topological polar surface area (TPSA) is 48.1 Å². The van der Waals surface area contributed by atoms with Crippen LogP contribution in [0.2, 0.25) is 5.02 Å². The first-order valence-corrected chi connectivity index (χ1v) is 5.98. The molecule has 0 unspecified atom stereocenters. The van der Waals surface area contributed by atoms with Crippen LogP contribution >= 0.6 is 22.9 Å². The van der Waals surface area contributed by atoms with Crippen molar-refractivity contribution in [2.75, 3.05) is 7.11 Å². The lowest BCUT2D eigenvalue weighted by molar-refractivity contribution is 0.416. The van der Waals surface area contributed by atoms with E-state index in [4.69, 9.17) is 22.1 Å². The molecule has 1 heterocycles. The molecule has 0 aliphatic rings. The third-order valence-corrected chi connectivity index (χ3v) is 3.31. The molecular formula is C11H11ClN2OS. The van der Waals surface area contributed by atoms with Crippen molar-refractivity contribution in [1.29, 1.82) is 0 Å². The van der Waals surface area contributed by atoms with Crippen LogP contribution in [0.1, 0.15) is 5.69 Å². The summed E-state index contributed by atoms with van der Waals surface area (Å²) < 4.78 is 5.27. The van der Waals surface area contributed by atoms with Gasteiger partial charge in [-0.3, -0.25) is 0 Å². The van der Waals surface area contributed by atoms with Crippen molar-refractivity contribution in [3.63, 3.8) is 0 Å². The van der Waals surface area contributed by atoms with Crippen molar-refractivity contribution in [3.05, 3.63) is 34.3 Å². The zero-order valence-electron chi connectivity index (χ0n) is 8.74. The summed E-state index contributed by atoms with van der Waals surface area (Å²) in [5.41, 5.74) is 7.31. The van der Waals surface area contributed by atoms with Crippen molar-refractivity contribution in [2.24, 2.45) is 5.73 Å². The Morgan fingerprint density at radius 1 is 1.50 bits per heavy atom. The molecule has 0 amide bonds. The van der Waals surface area contributed by atoms with E-state index in [2.05, 4.69) is 4.98 Å². The Balaban J connectivity index is 2.49. The number of nitrogens with zero attached hydrogens (tertiary/aromatic N) is 1. The molecule has 0 radical (unpaired) electrons. The molecule has 1 aromatic heterocycles. The standard InChI is InChI=1S/C11H11ClN2OS/c1-15-10-3-2-7(12)4-9(10)11-14-8(5-13)6-16-11/h2-4,6H,5,13H2,1H3. The zero-order chi connectivity index (χ0) is 11.5. The Morgan fingerprint density at radius 2 is 2.31 bits per heavy atom. The first-order chi connectivity index (χ1) is 7.74. The third-order valence-electron chi connectivity index (χ3n) is 2.15. The lowest BCUT2D eigenvalue weighted by Crippen LogP contribution is -1.96. The van der Waals surface area contributed by atoms with Crippen LogP contribution in [0.4, 0.5) is 0 Å². The van der Waals surface area contributed by atoms with Gasteiger partial charge in [-0.05, 0) is 18.2 Å². The molecule has 5 heteroatoms. The maximum absolute atomic E-state index is 5.96. The van der Waals surface area contributed by atoms with Crippen LogP contribution in [0.25, 0.3) is 10.6 Å². The molecule has 1 aromatic carbocycles. The first-order valence-electron chi connectivity index (χ1n) is 4.73. The highest BCUT2D eigenvalue weighted by molar-refractivity contribution is 7.13. The van der Waals surface area contributed by atoms with Gasteiger partial charge in [0.05, 0.1) is 18.4 Å². The Hall–Kier alpha value is -1.10. The van der Waals surface area contributed by atoms with Crippen molar-refractivity contribution < 1.29 is 4.74 Å². The summed E-state index contributed by atoms with van der Waals surface area (Å²) >= 11 is 7.50. The molecule has 2 aromatic rings. The predicted molar refractivity (Wildman–Crippen MR) is 67.0 cm³/mol. The summed E-state index contributed by atoms with van der Waals surface area (Å²) in [6.07, 6.45) is 0. The van der Waals surface area contributed by atoms with Crippen molar-refractivity contribution >= 4 is 22.9 Å². The maximum atomic E-state index is 5.96. The highest BCUT2D eigenvalue weighted by Crippen LogP contribution is 2.34. The van der Waals surface area contributed by atoms with Crippen LogP contribution in [-0.4, -0.2) is 12.1 Å². The number of hydrogen-bond acceptors (Lipinski definition) is 4. The highest BCUT2D eigenvalue weighted by atomic mass is 35.5. The smallest absolute Gasteiger partial charge is 0.129 e. The fourth-order valence-corrected chi connectivity index (χ4v) is 2.40. The lowest BCUT2D eigenvalue weighted by Gasteiger charge is -2.05. The summed E-state index contributed by atoms with van der Waals surface area (Å²) in [5.74, 6) is 0.766. The van der Waals surface area contributed by atoms with E-state index < -0.39 is 0 Å². The van der Waals surface area contributed by atoms with Crippen LogP contribution in [0, 0.1) is 0 Å². The van der Waals surface area contributed by atoms with Gasteiger partial charge in [-0.1, -0.05) is 11.6 Å². The average molecular weight is 255 g/mol. The van der Waals surface area contributed by atoms with Crippen molar-refractivity contribution in [1.82, 2.24) is 4.98 Å². The summed E-state index contributed by atoms with van der Waals surface area (Å²) in [6, 6.07) is 5.47. The van der Waals surface area contributed by atoms with Gasteiger partial charge in [-0.25, -0.2) is 4.98 Å².